The van der Waals surface area contributed by atoms with E-state index in [0.717, 1.165) is 29.2 Å². The number of halogens is 2. The molecule has 1 saturated heterocycles. The van der Waals surface area contributed by atoms with Gasteiger partial charge in [-0.05, 0) is 47.3 Å². The van der Waals surface area contributed by atoms with Crippen molar-refractivity contribution in [3.05, 3.63) is 92.9 Å². The maximum atomic E-state index is 13.9. The first-order chi connectivity index (χ1) is 18.5. The fraction of sp³-hybridized carbons (Fsp3) is 0.321. The van der Waals surface area contributed by atoms with Gasteiger partial charge in [-0.2, -0.15) is 5.10 Å². The molecule has 1 aromatic heterocycles. The minimum absolute atomic E-state index is 0.176. The van der Waals surface area contributed by atoms with Crippen LogP contribution in [0.25, 0.3) is 0 Å². The summed E-state index contributed by atoms with van der Waals surface area (Å²) in [4.78, 5) is 31.9. The van der Waals surface area contributed by atoms with E-state index >= 15 is 0 Å². The summed E-state index contributed by atoms with van der Waals surface area (Å²) < 4.78 is 19.4. The predicted molar refractivity (Wildman–Crippen MR) is 146 cm³/mol. The molecule has 2 amide bonds. The Morgan fingerprint density at radius 2 is 1.89 bits per heavy atom. The predicted octanol–water partition coefficient (Wildman–Crippen LogP) is 4.69. The number of benzene rings is 2. The molecule has 1 unspecified atom stereocenters. The lowest BCUT2D eigenvalue weighted by Crippen LogP contribution is -2.46. The molecule has 2 aromatic carbocycles. The molecule has 2 aliphatic rings. The molecule has 38 heavy (non-hydrogen) atoms. The van der Waals surface area contributed by atoms with E-state index in [1.165, 1.54) is 28.1 Å². The number of morpholine rings is 1. The molecule has 0 saturated carbocycles. The van der Waals surface area contributed by atoms with Gasteiger partial charge in [0.05, 0.1) is 29.8 Å². The molecule has 3 heterocycles. The van der Waals surface area contributed by atoms with Crippen molar-refractivity contribution in [3.8, 4) is 0 Å². The molecule has 0 N–H and O–H groups in total. The average molecular weight is 555 g/mol. The Morgan fingerprint density at radius 3 is 2.61 bits per heavy atom. The Morgan fingerprint density at radius 1 is 1.11 bits per heavy atom. The van der Waals surface area contributed by atoms with E-state index in [1.807, 2.05) is 29.6 Å². The molecule has 0 aliphatic carbocycles. The van der Waals surface area contributed by atoms with Crippen LogP contribution < -0.4 is 0 Å². The second-order valence-electron chi connectivity index (χ2n) is 9.22. The van der Waals surface area contributed by atoms with Crippen molar-refractivity contribution in [1.82, 2.24) is 14.8 Å². The first kappa shape index (κ1) is 26.5. The smallest absolute Gasteiger partial charge is 0.262 e. The van der Waals surface area contributed by atoms with Crippen molar-refractivity contribution in [2.45, 2.75) is 12.5 Å². The normalized spacial score (nSPS) is 17.9. The Kier molecular flexibility index (Phi) is 8.48. The summed E-state index contributed by atoms with van der Waals surface area (Å²) >= 11 is 7.68. The molecular weight excluding hydrogens is 527 g/mol. The Balaban J connectivity index is 1.39. The van der Waals surface area contributed by atoms with E-state index in [4.69, 9.17) is 21.4 Å². The van der Waals surface area contributed by atoms with E-state index in [2.05, 4.69) is 4.90 Å². The monoisotopic (exact) mass is 554 g/mol. The zero-order chi connectivity index (χ0) is 26.5. The van der Waals surface area contributed by atoms with Crippen molar-refractivity contribution >= 4 is 40.5 Å². The summed E-state index contributed by atoms with van der Waals surface area (Å²) in [5.74, 6) is -1.19. The van der Waals surface area contributed by atoms with Crippen LogP contribution in [0.5, 0.6) is 0 Å². The summed E-state index contributed by atoms with van der Waals surface area (Å²) in [5, 5.41) is 8.78. The molecule has 1 fully saturated rings. The first-order valence-electron chi connectivity index (χ1n) is 12.5. The average Bonchev–Trinajstić information content (AvgIpc) is 3.62. The van der Waals surface area contributed by atoms with Crippen LogP contribution in [0, 0.1) is 5.82 Å². The number of hydrazone groups is 1. The van der Waals surface area contributed by atoms with Gasteiger partial charge < -0.3 is 9.64 Å². The van der Waals surface area contributed by atoms with Gasteiger partial charge in [0.25, 0.3) is 11.8 Å². The third-order valence-corrected chi connectivity index (χ3v) is 7.87. The second-order valence-corrected chi connectivity index (χ2v) is 10.6. The minimum atomic E-state index is -0.497. The number of hydrogen-bond donors (Lipinski definition) is 0. The van der Waals surface area contributed by atoms with Crippen LogP contribution in [-0.2, 0) is 9.53 Å². The van der Waals surface area contributed by atoms with Gasteiger partial charge in [-0.25, -0.2) is 9.40 Å². The highest BCUT2D eigenvalue weighted by Crippen LogP contribution is 2.34. The molecule has 1 atom stereocenters. The van der Waals surface area contributed by atoms with Gasteiger partial charge in [0.1, 0.15) is 12.4 Å². The Bertz CT molecular complexity index is 1300. The number of carbonyl (C=O) groups excluding carboxylic acids is 2. The van der Waals surface area contributed by atoms with E-state index in [1.54, 1.807) is 29.5 Å². The molecule has 0 radical (unpaired) electrons. The molecule has 198 valence electrons. The van der Waals surface area contributed by atoms with Crippen LogP contribution in [0.15, 0.2) is 71.1 Å². The molecule has 5 rings (SSSR count). The lowest BCUT2D eigenvalue weighted by Gasteiger charge is -2.31. The summed E-state index contributed by atoms with van der Waals surface area (Å²) in [7, 11) is 0. The third-order valence-electron chi connectivity index (χ3n) is 6.70. The maximum Gasteiger partial charge on any atom is 0.262 e. The summed E-state index contributed by atoms with van der Waals surface area (Å²) in [6.45, 7) is 3.51. The van der Waals surface area contributed by atoms with Gasteiger partial charge >= 0.3 is 0 Å². The summed E-state index contributed by atoms with van der Waals surface area (Å²) in [5.41, 5.74) is 1.94. The van der Waals surface area contributed by atoms with Crippen LogP contribution in [0.1, 0.15) is 33.3 Å². The number of hydrogen-bond acceptors (Lipinski definition) is 6. The highest BCUT2D eigenvalue weighted by Gasteiger charge is 2.35. The molecule has 7 nitrogen and oxygen atoms in total. The van der Waals surface area contributed by atoms with Crippen LogP contribution in [0.4, 0.5) is 4.39 Å². The zero-order valence-corrected chi connectivity index (χ0v) is 22.3. The Labute approximate surface area is 230 Å². The van der Waals surface area contributed by atoms with Crippen molar-refractivity contribution < 1.29 is 18.7 Å². The van der Waals surface area contributed by atoms with Crippen molar-refractivity contribution in [2.24, 2.45) is 5.10 Å². The van der Waals surface area contributed by atoms with Gasteiger partial charge in [0.2, 0.25) is 0 Å². The molecule has 0 bridgehead atoms. The third kappa shape index (κ3) is 6.30. The molecule has 2 aliphatic heterocycles. The quantitative estimate of drug-likeness (QED) is 0.405. The number of nitrogens with zero attached hydrogens (tertiary/aromatic N) is 4. The van der Waals surface area contributed by atoms with Gasteiger partial charge in [-0.1, -0.05) is 35.9 Å². The van der Waals surface area contributed by atoms with Crippen LogP contribution >= 0.6 is 22.9 Å². The van der Waals surface area contributed by atoms with E-state index in [9.17, 15) is 14.0 Å². The van der Waals surface area contributed by atoms with Crippen LogP contribution in [0.3, 0.4) is 0 Å². The lowest BCUT2D eigenvalue weighted by atomic mass is 10.0. The number of amides is 2. The molecular formula is C28H28ClFN4O3S. The number of carbonyl (C=O) groups is 2. The molecule has 10 heteroatoms. The minimum Gasteiger partial charge on any atom is -0.379 e. The standard InChI is InChI=1S/C28H28ClFN4O3S/c29-22-8-6-20(7-9-22)25-18-24(26-5-2-16-38-26)31-34(25)27(35)19-33(11-10-32-12-14-37-15-13-32)28(36)21-3-1-4-23(30)17-21/h1-9,16-17,25H,10-15,18-19H2. The first-order valence-corrected chi connectivity index (χ1v) is 13.8. The van der Waals surface area contributed by atoms with Crippen LogP contribution in [-0.4, -0.2) is 78.3 Å². The topological polar surface area (TPSA) is 65.5 Å². The van der Waals surface area contributed by atoms with E-state index in [-0.39, 0.29) is 24.1 Å². The second kappa shape index (κ2) is 12.2. The fourth-order valence-electron chi connectivity index (χ4n) is 4.66. The van der Waals surface area contributed by atoms with Gasteiger partial charge in [0.15, 0.2) is 0 Å². The number of thiophene rings is 1. The SMILES string of the molecule is O=C(c1cccc(F)c1)N(CCN1CCOCC1)CC(=O)N1N=C(c2cccs2)CC1c1ccc(Cl)cc1. The number of rotatable bonds is 8. The zero-order valence-electron chi connectivity index (χ0n) is 20.8. The van der Waals surface area contributed by atoms with Crippen molar-refractivity contribution in [3.63, 3.8) is 0 Å². The molecule has 0 spiro atoms. The highest BCUT2D eigenvalue weighted by molar-refractivity contribution is 7.12. The van der Waals surface area contributed by atoms with Gasteiger partial charge in [0, 0.05) is 43.2 Å². The fourth-order valence-corrected chi connectivity index (χ4v) is 5.50. The number of ether oxygens (including phenoxy) is 1. The van der Waals surface area contributed by atoms with Crippen LogP contribution in [0.2, 0.25) is 5.02 Å². The maximum absolute atomic E-state index is 13.9. The summed E-state index contributed by atoms with van der Waals surface area (Å²) in [6, 6.07) is 16.6. The van der Waals surface area contributed by atoms with E-state index in [0.29, 0.717) is 37.7 Å². The van der Waals surface area contributed by atoms with Crippen molar-refractivity contribution in [1.29, 1.82) is 0 Å². The Hall–Kier alpha value is -3.11. The highest BCUT2D eigenvalue weighted by atomic mass is 35.5. The summed E-state index contributed by atoms with van der Waals surface area (Å²) in [6.07, 6.45) is 0.555. The van der Waals surface area contributed by atoms with Crippen molar-refractivity contribution in [2.75, 3.05) is 45.9 Å². The largest absolute Gasteiger partial charge is 0.379 e. The molecule has 3 aromatic rings. The van der Waals surface area contributed by atoms with Gasteiger partial charge in [-0.3, -0.25) is 14.5 Å². The lowest BCUT2D eigenvalue weighted by molar-refractivity contribution is -0.133. The van der Waals surface area contributed by atoms with Gasteiger partial charge in [-0.15, -0.1) is 11.3 Å². The van der Waals surface area contributed by atoms with E-state index < -0.39 is 11.7 Å².